The maximum atomic E-state index is 5.73. The Morgan fingerprint density at radius 2 is 2.14 bits per heavy atom. The highest BCUT2D eigenvalue weighted by Crippen LogP contribution is 2.21. The zero-order valence-corrected chi connectivity index (χ0v) is 8.28. The molecule has 0 atom stereocenters. The van der Waals surface area contributed by atoms with Gasteiger partial charge in [0.25, 0.3) is 0 Å². The van der Waals surface area contributed by atoms with Crippen LogP contribution in [0.25, 0.3) is 0 Å². The molecular weight excluding hydrogens is 176 g/mol. The van der Waals surface area contributed by atoms with E-state index in [1.165, 1.54) is 25.7 Å². The second-order valence-corrected chi connectivity index (χ2v) is 3.77. The molecule has 3 nitrogen and oxygen atoms in total. The van der Waals surface area contributed by atoms with Crippen LogP contribution in [0, 0.1) is 0 Å². The van der Waals surface area contributed by atoms with E-state index >= 15 is 0 Å². The van der Waals surface area contributed by atoms with Gasteiger partial charge in [-0.2, -0.15) is 0 Å². The Kier molecular flexibility index (Phi) is 2.99. The van der Waals surface area contributed by atoms with Crippen molar-refractivity contribution in [2.75, 3.05) is 5.73 Å². The third-order valence-corrected chi connectivity index (χ3v) is 2.60. The van der Waals surface area contributed by atoms with E-state index in [9.17, 15) is 0 Å². The number of rotatable bonds is 3. The van der Waals surface area contributed by atoms with Crippen LogP contribution >= 0.6 is 0 Å². The molecule has 0 saturated heterocycles. The lowest BCUT2D eigenvalue weighted by Crippen LogP contribution is -2.08. The first-order valence-electron chi connectivity index (χ1n) is 5.17. The third-order valence-electron chi connectivity index (χ3n) is 2.60. The normalized spacial score (nSPS) is 17.4. The molecule has 0 bridgehead atoms. The number of nitrogens with two attached hydrogens (primary N) is 1. The minimum absolute atomic E-state index is 0.443. The molecule has 0 aromatic carbocycles. The zero-order chi connectivity index (χ0) is 9.80. The fraction of sp³-hybridized carbons (Fsp3) is 0.545. The summed E-state index contributed by atoms with van der Waals surface area (Å²) in [5.41, 5.74) is 6.50. The predicted molar refractivity (Wildman–Crippen MR) is 55.7 cm³/mol. The highest BCUT2D eigenvalue weighted by molar-refractivity contribution is 5.28. The summed E-state index contributed by atoms with van der Waals surface area (Å²) >= 11 is 0. The number of ether oxygens (including phenoxy) is 1. The molecule has 76 valence electrons. The van der Waals surface area contributed by atoms with E-state index in [-0.39, 0.29) is 0 Å². The minimum atomic E-state index is 0.443. The van der Waals surface area contributed by atoms with Crippen molar-refractivity contribution in [3.05, 3.63) is 23.9 Å². The van der Waals surface area contributed by atoms with Crippen molar-refractivity contribution in [1.29, 1.82) is 0 Å². The highest BCUT2D eigenvalue weighted by Gasteiger charge is 2.15. The van der Waals surface area contributed by atoms with E-state index in [2.05, 4.69) is 4.98 Å². The minimum Gasteiger partial charge on any atom is -0.384 e. The standard InChI is InChI=1S/C11H16N2O/c12-11-7-3-4-9(13-11)8-14-10-5-1-2-6-10/h3-4,7,10H,1-2,5-6,8H2,(H2,12,13). The van der Waals surface area contributed by atoms with E-state index in [0.717, 1.165) is 5.69 Å². The number of nitrogens with zero attached hydrogens (tertiary/aromatic N) is 1. The van der Waals surface area contributed by atoms with Crippen LogP contribution in [0.2, 0.25) is 0 Å². The fourth-order valence-electron chi connectivity index (χ4n) is 1.84. The van der Waals surface area contributed by atoms with Crippen molar-refractivity contribution in [2.24, 2.45) is 0 Å². The molecule has 0 radical (unpaired) electrons. The lowest BCUT2D eigenvalue weighted by molar-refractivity contribution is 0.0438. The highest BCUT2D eigenvalue weighted by atomic mass is 16.5. The molecule has 1 aliphatic rings. The molecule has 1 saturated carbocycles. The SMILES string of the molecule is Nc1cccc(COC2CCCC2)n1. The first-order chi connectivity index (χ1) is 6.84. The molecule has 0 aliphatic heterocycles. The molecule has 14 heavy (non-hydrogen) atoms. The van der Waals surface area contributed by atoms with Gasteiger partial charge in [0.15, 0.2) is 0 Å². The number of hydrogen-bond donors (Lipinski definition) is 1. The Morgan fingerprint density at radius 1 is 1.36 bits per heavy atom. The van der Waals surface area contributed by atoms with Crippen LogP contribution in [0.5, 0.6) is 0 Å². The quantitative estimate of drug-likeness (QED) is 0.798. The third kappa shape index (κ3) is 2.45. The van der Waals surface area contributed by atoms with E-state index in [1.807, 2.05) is 12.1 Å². The Morgan fingerprint density at radius 3 is 2.86 bits per heavy atom. The summed E-state index contributed by atoms with van der Waals surface area (Å²) in [6.45, 7) is 0.593. The van der Waals surface area contributed by atoms with Gasteiger partial charge in [-0.3, -0.25) is 0 Å². The molecule has 2 rings (SSSR count). The maximum absolute atomic E-state index is 5.73. The van der Waals surface area contributed by atoms with Crippen molar-refractivity contribution in [1.82, 2.24) is 4.98 Å². The van der Waals surface area contributed by atoms with E-state index in [1.54, 1.807) is 6.07 Å². The van der Waals surface area contributed by atoms with E-state index in [0.29, 0.717) is 18.5 Å². The molecule has 1 aromatic rings. The van der Waals surface area contributed by atoms with Crippen molar-refractivity contribution in [3.8, 4) is 0 Å². The van der Waals surface area contributed by atoms with Crippen molar-refractivity contribution >= 4 is 5.82 Å². The molecular formula is C11H16N2O. The second-order valence-electron chi connectivity index (χ2n) is 3.77. The molecule has 1 heterocycles. The van der Waals surface area contributed by atoms with Gasteiger partial charge < -0.3 is 10.5 Å². The summed E-state index contributed by atoms with van der Waals surface area (Å²) in [4.78, 5) is 4.19. The van der Waals surface area contributed by atoms with Gasteiger partial charge in [0.05, 0.1) is 18.4 Å². The largest absolute Gasteiger partial charge is 0.384 e. The van der Waals surface area contributed by atoms with Gasteiger partial charge in [0.2, 0.25) is 0 Å². The van der Waals surface area contributed by atoms with Crippen molar-refractivity contribution in [2.45, 2.75) is 38.4 Å². The van der Waals surface area contributed by atoms with E-state index in [4.69, 9.17) is 10.5 Å². The van der Waals surface area contributed by atoms with Gasteiger partial charge in [-0.25, -0.2) is 4.98 Å². The summed E-state index contributed by atoms with van der Waals surface area (Å²) in [7, 11) is 0. The van der Waals surface area contributed by atoms with Gasteiger partial charge in [-0.1, -0.05) is 18.9 Å². The van der Waals surface area contributed by atoms with Crippen molar-refractivity contribution < 1.29 is 4.74 Å². The average Bonchev–Trinajstić information content (AvgIpc) is 2.67. The monoisotopic (exact) mass is 192 g/mol. The number of pyridine rings is 1. The zero-order valence-electron chi connectivity index (χ0n) is 8.28. The lowest BCUT2D eigenvalue weighted by atomic mass is 10.3. The molecule has 3 heteroatoms. The fourth-order valence-corrected chi connectivity index (χ4v) is 1.84. The van der Waals surface area contributed by atoms with Crippen LogP contribution in [-0.2, 0) is 11.3 Å². The summed E-state index contributed by atoms with van der Waals surface area (Å²) in [5, 5.41) is 0. The molecule has 0 spiro atoms. The van der Waals surface area contributed by atoms with Gasteiger partial charge >= 0.3 is 0 Å². The number of nitrogen functional groups attached to an aromatic ring is 1. The first-order valence-corrected chi connectivity index (χ1v) is 5.17. The van der Waals surface area contributed by atoms with Crippen LogP contribution < -0.4 is 5.73 Å². The van der Waals surface area contributed by atoms with Crippen LogP contribution in [0.1, 0.15) is 31.4 Å². The average molecular weight is 192 g/mol. The summed E-state index contributed by atoms with van der Waals surface area (Å²) in [5.74, 6) is 0.567. The first kappa shape index (κ1) is 9.46. The van der Waals surface area contributed by atoms with Crippen molar-refractivity contribution in [3.63, 3.8) is 0 Å². The van der Waals surface area contributed by atoms with Gasteiger partial charge in [-0.15, -0.1) is 0 Å². The van der Waals surface area contributed by atoms with E-state index < -0.39 is 0 Å². The van der Waals surface area contributed by atoms with Gasteiger partial charge in [0.1, 0.15) is 5.82 Å². The van der Waals surface area contributed by atoms with Crippen LogP contribution in [0.4, 0.5) is 5.82 Å². The predicted octanol–water partition coefficient (Wildman–Crippen LogP) is 2.12. The molecule has 1 fully saturated rings. The molecule has 2 N–H and O–H groups in total. The molecule has 0 unspecified atom stereocenters. The smallest absolute Gasteiger partial charge is 0.123 e. The topological polar surface area (TPSA) is 48.1 Å². The number of aromatic nitrogens is 1. The Balaban J connectivity index is 1.85. The Bertz CT molecular complexity index is 295. The van der Waals surface area contributed by atoms with Crippen LogP contribution in [0.3, 0.4) is 0 Å². The van der Waals surface area contributed by atoms with Crippen LogP contribution in [-0.4, -0.2) is 11.1 Å². The number of anilines is 1. The summed E-state index contributed by atoms with van der Waals surface area (Å²) in [6.07, 6.45) is 5.44. The van der Waals surface area contributed by atoms with Crippen LogP contribution in [0.15, 0.2) is 18.2 Å². The Labute approximate surface area is 84.3 Å². The number of hydrogen-bond acceptors (Lipinski definition) is 3. The van der Waals surface area contributed by atoms with Gasteiger partial charge in [-0.05, 0) is 25.0 Å². The molecule has 1 aliphatic carbocycles. The lowest BCUT2D eigenvalue weighted by Gasteiger charge is -2.10. The summed E-state index contributed by atoms with van der Waals surface area (Å²) < 4.78 is 5.73. The molecule has 1 aromatic heterocycles. The molecule has 0 amide bonds. The second kappa shape index (κ2) is 4.42. The summed E-state index contributed by atoms with van der Waals surface area (Å²) in [6, 6.07) is 5.65. The Hall–Kier alpha value is -1.09. The van der Waals surface area contributed by atoms with Gasteiger partial charge in [0, 0.05) is 0 Å². The maximum Gasteiger partial charge on any atom is 0.123 e.